The van der Waals surface area contributed by atoms with E-state index in [9.17, 15) is 4.79 Å². The van der Waals surface area contributed by atoms with E-state index < -0.39 is 0 Å². The van der Waals surface area contributed by atoms with Crippen LogP contribution < -0.4 is 11.1 Å². The molecule has 94 valence electrons. The van der Waals surface area contributed by atoms with Gasteiger partial charge in [0.1, 0.15) is 0 Å². The van der Waals surface area contributed by atoms with E-state index in [1.807, 2.05) is 24.3 Å². The van der Waals surface area contributed by atoms with Gasteiger partial charge in [-0.15, -0.1) is 0 Å². The second-order valence-corrected chi connectivity index (χ2v) is 4.28. The molecule has 0 unspecified atom stereocenters. The number of aryl methyl sites for hydroxylation is 1. The van der Waals surface area contributed by atoms with Gasteiger partial charge in [-0.2, -0.15) is 0 Å². The largest absolute Gasteiger partial charge is 0.399 e. The zero-order chi connectivity index (χ0) is 12.7. The van der Waals surface area contributed by atoms with Crippen molar-refractivity contribution in [2.45, 2.75) is 45.6 Å². The van der Waals surface area contributed by atoms with E-state index in [0.717, 1.165) is 24.1 Å². The van der Waals surface area contributed by atoms with Gasteiger partial charge < -0.3 is 11.1 Å². The first-order valence-electron chi connectivity index (χ1n) is 6.30. The summed E-state index contributed by atoms with van der Waals surface area (Å²) >= 11 is 0. The van der Waals surface area contributed by atoms with Gasteiger partial charge in [-0.1, -0.05) is 32.0 Å². The Morgan fingerprint density at radius 1 is 1.29 bits per heavy atom. The van der Waals surface area contributed by atoms with Crippen LogP contribution >= 0.6 is 0 Å². The van der Waals surface area contributed by atoms with Crippen molar-refractivity contribution in [2.24, 2.45) is 0 Å². The van der Waals surface area contributed by atoms with E-state index in [2.05, 4.69) is 19.2 Å². The van der Waals surface area contributed by atoms with Crippen LogP contribution in [0.1, 0.15) is 38.7 Å². The number of rotatable bonds is 6. The Labute approximate surface area is 103 Å². The van der Waals surface area contributed by atoms with E-state index in [0.29, 0.717) is 18.9 Å². The highest BCUT2D eigenvalue weighted by Gasteiger charge is 2.08. The third kappa shape index (κ3) is 4.47. The minimum Gasteiger partial charge on any atom is -0.399 e. The van der Waals surface area contributed by atoms with Crippen molar-refractivity contribution >= 4 is 11.6 Å². The molecule has 0 aliphatic rings. The van der Waals surface area contributed by atoms with E-state index >= 15 is 0 Å². The lowest BCUT2D eigenvalue weighted by atomic mass is 10.1. The number of anilines is 1. The molecule has 0 atom stereocenters. The molecular weight excluding hydrogens is 212 g/mol. The molecular formula is C14H22N2O. The number of nitrogens with two attached hydrogens (primary N) is 1. The van der Waals surface area contributed by atoms with Crippen LogP contribution in [0.25, 0.3) is 0 Å². The summed E-state index contributed by atoms with van der Waals surface area (Å²) in [4.78, 5) is 11.7. The number of nitrogens with one attached hydrogen (secondary N) is 1. The second kappa shape index (κ2) is 6.94. The molecule has 1 aromatic carbocycles. The lowest BCUT2D eigenvalue weighted by Crippen LogP contribution is -2.33. The number of amides is 1. The summed E-state index contributed by atoms with van der Waals surface area (Å²) in [6, 6.07) is 8.00. The minimum absolute atomic E-state index is 0.113. The molecule has 0 radical (unpaired) electrons. The zero-order valence-electron chi connectivity index (χ0n) is 10.7. The fourth-order valence-corrected chi connectivity index (χ4v) is 1.80. The molecule has 0 fully saturated rings. The van der Waals surface area contributed by atoms with Crippen LogP contribution in [0.4, 0.5) is 5.69 Å². The Bertz CT molecular complexity index is 359. The maximum Gasteiger partial charge on any atom is 0.220 e. The van der Waals surface area contributed by atoms with Crippen LogP contribution in [-0.2, 0) is 11.2 Å². The summed E-state index contributed by atoms with van der Waals surface area (Å²) in [5.41, 5.74) is 7.64. The first kappa shape index (κ1) is 13.6. The summed E-state index contributed by atoms with van der Waals surface area (Å²) in [6.07, 6.45) is 3.18. The van der Waals surface area contributed by atoms with Crippen LogP contribution in [0.15, 0.2) is 24.3 Å². The van der Waals surface area contributed by atoms with E-state index in [4.69, 9.17) is 5.73 Å². The summed E-state index contributed by atoms with van der Waals surface area (Å²) in [7, 11) is 0. The van der Waals surface area contributed by atoms with Gasteiger partial charge in [-0.3, -0.25) is 4.79 Å². The average Bonchev–Trinajstić information content (AvgIpc) is 2.35. The fraction of sp³-hybridized carbons (Fsp3) is 0.500. The first-order valence-corrected chi connectivity index (χ1v) is 6.30. The molecule has 0 aliphatic carbocycles. The van der Waals surface area contributed by atoms with Gasteiger partial charge >= 0.3 is 0 Å². The molecule has 3 nitrogen and oxygen atoms in total. The standard InChI is InChI=1S/C14H22N2O/c1-3-12(4-2)16-14(17)10-9-11-7-5-6-8-13(11)15/h5-8,12H,3-4,9-10,15H2,1-2H3,(H,16,17). The number of benzene rings is 1. The highest BCUT2D eigenvalue weighted by atomic mass is 16.1. The van der Waals surface area contributed by atoms with Crippen molar-refractivity contribution < 1.29 is 4.79 Å². The summed E-state index contributed by atoms with van der Waals surface area (Å²) in [5.74, 6) is 0.113. The molecule has 0 aromatic heterocycles. The Kier molecular flexibility index (Phi) is 5.53. The number of hydrogen-bond acceptors (Lipinski definition) is 2. The van der Waals surface area contributed by atoms with Gasteiger partial charge in [0, 0.05) is 18.2 Å². The number of para-hydroxylation sites is 1. The number of nitrogen functional groups attached to an aromatic ring is 1. The van der Waals surface area contributed by atoms with Crippen molar-refractivity contribution in [3.05, 3.63) is 29.8 Å². The monoisotopic (exact) mass is 234 g/mol. The Morgan fingerprint density at radius 2 is 1.94 bits per heavy atom. The maximum atomic E-state index is 11.7. The van der Waals surface area contributed by atoms with Crippen LogP contribution in [0.2, 0.25) is 0 Å². The Hall–Kier alpha value is -1.51. The number of carbonyl (C=O) groups is 1. The predicted molar refractivity (Wildman–Crippen MR) is 71.7 cm³/mol. The highest BCUT2D eigenvalue weighted by molar-refractivity contribution is 5.76. The van der Waals surface area contributed by atoms with E-state index in [-0.39, 0.29) is 5.91 Å². The molecule has 3 N–H and O–H groups in total. The molecule has 0 spiro atoms. The average molecular weight is 234 g/mol. The number of carbonyl (C=O) groups excluding carboxylic acids is 1. The predicted octanol–water partition coefficient (Wildman–Crippen LogP) is 2.51. The van der Waals surface area contributed by atoms with E-state index in [1.54, 1.807) is 0 Å². The summed E-state index contributed by atoms with van der Waals surface area (Å²) in [5, 5.41) is 3.03. The van der Waals surface area contributed by atoms with Crippen LogP contribution in [0.3, 0.4) is 0 Å². The van der Waals surface area contributed by atoms with Gasteiger partial charge in [0.05, 0.1) is 0 Å². The van der Waals surface area contributed by atoms with Gasteiger partial charge in [0.25, 0.3) is 0 Å². The second-order valence-electron chi connectivity index (χ2n) is 4.28. The van der Waals surface area contributed by atoms with Crippen molar-refractivity contribution in [3.63, 3.8) is 0 Å². The van der Waals surface area contributed by atoms with Crippen molar-refractivity contribution in [1.29, 1.82) is 0 Å². The topological polar surface area (TPSA) is 55.1 Å². The molecule has 17 heavy (non-hydrogen) atoms. The lowest BCUT2D eigenvalue weighted by molar-refractivity contribution is -0.121. The third-order valence-corrected chi connectivity index (χ3v) is 3.03. The fourth-order valence-electron chi connectivity index (χ4n) is 1.80. The molecule has 0 bridgehead atoms. The molecule has 0 saturated heterocycles. The highest BCUT2D eigenvalue weighted by Crippen LogP contribution is 2.12. The van der Waals surface area contributed by atoms with Crippen LogP contribution in [-0.4, -0.2) is 11.9 Å². The maximum absolute atomic E-state index is 11.7. The molecule has 1 amide bonds. The van der Waals surface area contributed by atoms with Gasteiger partial charge in [-0.25, -0.2) is 0 Å². The summed E-state index contributed by atoms with van der Waals surface area (Å²) < 4.78 is 0. The molecule has 1 aromatic rings. The van der Waals surface area contributed by atoms with E-state index in [1.165, 1.54) is 0 Å². The molecule has 0 saturated carbocycles. The Balaban J connectivity index is 2.41. The quantitative estimate of drug-likeness (QED) is 0.743. The molecule has 3 heteroatoms. The molecule has 1 rings (SSSR count). The van der Waals surface area contributed by atoms with Crippen molar-refractivity contribution in [2.75, 3.05) is 5.73 Å². The zero-order valence-corrected chi connectivity index (χ0v) is 10.7. The SMILES string of the molecule is CCC(CC)NC(=O)CCc1ccccc1N. The van der Waals surface area contributed by atoms with Gasteiger partial charge in [0.2, 0.25) is 5.91 Å². The van der Waals surface area contributed by atoms with Crippen molar-refractivity contribution in [1.82, 2.24) is 5.32 Å². The molecule has 0 aliphatic heterocycles. The lowest BCUT2D eigenvalue weighted by Gasteiger charge is -2.14. The van der Waals surface area contributed by atoms with Crippen LogP contribution in [0, 0.1) is 0 Å². The number of hydrogen-bond donors (Lipinski definition) is 2. The molecule has 0 heterocycles. The van der Waals surface area contributed by atoms with Gasteiger partial charge in [-0.05, 0) is 30.9 Å². The smallest absolute Gasteiger partial charge is 0.220 e. The van der Waals surface area contributed by atoms with Gasteiger partial charge in [0.15, 0.2) is 0 Å². The van der Waals surface area contributed by atoms with Crippen molar-refractivity contribution in [3.8, 4) is 0 Å². The third-order valence-electron chi connectivity index (χ3n) is 3.03. The van der Waals surface area contributed by atoms with Crippen LogP contribution in [0.5, 0.6) is 0 Å². The Morgan fingerprint density at radius 3 is 2.53 bits per heavy atom. The minimum atomic E-state index is 0.113. The first-order chi connectivity index (χ1) is 8.17. The normalized spacial score (nSPS) is 10.5. The summed E-state index contributed by atoms with van der Waals surface area (Å²) in [6.45, 7) is 4.17.